The molecule has 1 unspecified atom stereocenters. The van der Waals surface area contributed by atoms with Crippen molar-refractivity contribution in [3.8, 4) is 0 Å². The summed E-state index contributed by atoms with van der Waals surface area (Å²) >= 11 is 0. The van der Waals surface area contributed by atoms with Gasteiger partial charge in [0.05, 0.1) is 18.1 Å². The monoisotopic (exact) mass is 514 g/mol. The summed E-state index contributed by atoms with van der Waals surface area (Å²) in [6, 6.07) is -0.627. The fourth-order valence-corrected chi connectivity index (χ4v) is 7.36. The summed E-state index contributed by atoms with van der Waals surface area (Å²) in [4.78, 5) is 45.7. The van der Waals surface area contributed by atoms with Crippen molar-refractivity contribution in [1.82, 2.24) is 9.80 Å². The molecule has 1 spiro atoms. The topological polar surface area (TPSA) is 96.4 Å². The molecule has 2 saturated heterocycles. The number of aliphatic hydroxyl groups excluding tert-OH is 1. The van der Waals surface area contributed by atoms with Crippen LogP contribution in [0.4, 0.5) is 0 Å². The molecule has 0 aromatic heterocycles. The maximum Gasteiger partial charge on any atom is 0.313 e. The van der Waals surface area contributed by atoms with Gasteiger partial charge >= 0.3 is 5.97 Å². The van der Waals surface area contributed by atoms with E-state index in [4.69, 9.17) is 14.6 Å². The highest BCUT2D eigenvalue weighted by atomic mass is 16.6. The predicted octanol–water partition coefficient (Wildman–Crippen LogP) is 3.13. The van der Waals surface area contributed by atoms with Gasteiger partial charge in [-0.25, -0.2) is 0 Å². The Morgan fingerprint density at radius 1 is 0.946 bits per heavy atom. The average molecular weight is 515 g/mol. The van der Waals surface area contributed by atoms with Gasteiger partial charge in [0.25, 0.3) is 0 Å². The van der Waals surface area contributed by atoms with Crippen LogP contribution in [0.3, 0.4) is 0 Å². The lowest BCUT2D eigenvalue weighted by Gasteiger charge is -2.40. The van der Waals surface area contributed by atoms with Crippen molar-refractivity contribution < 1.29 is 29.0 Å². The molecule has 5 rings (SSSR count). The van der Waals surface area contributed by atoms with Crippen LogP contribution in [0.25, 0.3) is 0 Å². The van der Waals surface area contributed by atoms with E-state index in [-0.39, 0.29) is 24.5 Å². The second-order valence-corrected chi connectivity index (χ2v) is 11.6. The van der Waals surface area contributed by atoms with Crippen molar-refractivity contribution in [2.45, 2.75) is 101 Å². The molecular weight excluding hydrogens is 472 g/mol. The average Bonchev–Trinajstić information content (AvgIpc) is 3.23. The Morgan fingerprint density at radius 2 is 1.73 bits per heavy atom. The zero-order chi connectivity index (χ0) is 26.0. The van der Waals surface area contributed by atoms with Gasteiger partial charge in [-0.2, -0.15) is 0 Å². The SMILES string of the molecule is C[C@]12/C=C\CCCOC(=O)[C@H]1[C@H]1C(=O)N(CCCCCCO)C3C(=O)N(C4CCCCC4)CC=C[C@@]31O2. The molecule has 0 aromatic rings. The third-order valence-corrected chi connectivity index (χ3v) is 9.10. The number of rotatable bonds is 7. The Hall–Kier alpha value is -2.19. The number of hydrogen-bond acceptors (Lipinski definition) is 6. The number of aliphatic hydroxyl groups is 1. The first-order valence-corrected chi connectivity index (χ1v) is 14.4. The maximum atomic E-state index is 14.4. The van der Waals surface area contributed by atoms with Gasteiger partial charge in [0.2, 0.25) is 11.8 Å². The molecule has 204 valence electrons. The first-order chi connectivity index (χ1) is 17.9. The molecule has 5 aliphatic rings. The predicted molar refractivity (Wildman–Crippen MR) is 137 cm³/mol. The Kier molecular flexibility index (Phi) is 7.78. The molecule has 1 aliphatic carbocycles. The third-order valence-electron chi connectivity index (χ3n) is 9.10. The molecule has 2 amide bonds. The van der Waals surface area contributed by atoms with Crippen LogP contribution in [0, 0.1) is 11.8 Å². The summed E-state index contributed by atoms with van der Waals surface area (Å²) in [5, 5.41) is 9.13. The number of hydrogen-bond donors (Lipinski definition) is 1. The van der Waals surface area contributed by atoms with Crippen molar-refractivity contribution >= 4 is 17.8 Å². The van der Waals surface area contributed by atoms with Crippen molar-refractivity contribution in [1.29, 1.82) is 0 Å². The Labute approximate surface area is 220 Å². The van der Waals surface area contributed by atoms with Gasteiger partial charge in [-0.15, -0.1) is 0 Å². The number of esters is 1. The number of carbonyl (C=O) groups excluding carboxylic acids is 3. The molecule has 1 saturated carbocycles. The summed E-state index contributed by atoms with van der Waals surface area (Å²) in [5.74, 6) is -2.27. The lowest BCUT2D eigenvalue weighted by atomic mass is 9.74. The quantitative estimate of drug-likeness (QED) is 0.319. The molecule has 3 fully saturated rings. The molecule has 8 heteroatoms. The van der Waals surface area contributed by atoms with Gasteiger partial charge in [0, 0.05) is 25.7 Å². The number of cyclic esters (lactones) is 1. The van der Waals surface area contributed by atoms with Crippen LogP contribution in [0.15, 0.2) is 24.3 Å². The fourth-order valence-electron chi connectivity index (χ4n) is 7.36. The number of allylic oxidation sites excluding steroid dienone is 1. The minimum absolute atomic E-state index is 0.0597. The lowest BCUT2D eigenvalue weighted by Crippen LogP contribution is -2.57. The van der Waals surface area contributed by atoms with Crippen LogP contribution in [0.5, 0.6) is 0 Å². The minimum Gasteiger partial charge on any atom is -0.465 e. The van der Waals surface area contributed by atoms with Crippen LogP contribution in [0.2, 0.25) is 0 Å². The zero-order valence-corrected chi connectivity index (χ0v) is 22.1. The highest BCUT2D eigenvalue weighted by Crippen LogP contribution is 2.57. The number of nitrogens with zero attached hydrogens (tertiary/aromatic N) is 2. The van der Waals surface area contributed by atoms with Crippen molar-refractivity contribution in [2.75, 3.05) is 26.3 Å². The second kappa shape index (κ2) is 10.9. The van der Waals surface area contributed by atoms with E-state index in [0.29, 0.717) is 19.7 Å². The maximum absolute atomic E-state index is 14.4. The zero-order valence-electron chi connectivity index (χ0n) is 22.1. The number of amides is 2. The Bertz CT molecular complexity index is 943. The van der Waals surface area contributed by atoms with Crippen LogP contribution in [0.1, 0.15) is 77.6 Å². The molecule has 0 bridgehead atoms. The summed E-state index contributed by atoms with van der Waals surface area (Å²) in [6.45, 7) is 3.26. The van der Waals surface area contributed by atoms with Gasteiger partial charge in [0.1, 0.15) is 17.6 Å². The van der Waals surface area contributed by atoms with Gasteiger partial charge in [-0.3, -0.25) is 14.4 Å². The summed E-state index contributed by atoms with van der Waals surface area (Å²) in [5.41, 5.74) is -2.23. The van der Waals surface area contributed by atoms with Gasteiger partial charge in [0.15, 0.2) is 0 Å². The van der Waals surface area contributed by atoms with E-state index < -0.39 is 35.0 Å². The fraction of sp³-hybridized carbons (Fsp3) is 0.759. The van der Waals surface area contributed by atoms with Crippen molar-refractivity contribution in [3.05, 3.63) is 24.3 Å². The van der Waals surface area contributed by atoms with Crippen molar-refractivity contribution in [2.24, 2.45) is 11.8 Å². The van der Waals surface area contributed by atoms with Crippen LogP contribution < -0.4 is 0 Å². The van der Waals surface area contributed by atoms with Gasteiger partial charge in [-0.1, -0.05) is 56.4 Å². The van der Waals surface area contributed by atoms with E-state index in [0.717, 1.165) is 64.2 Å². The number of ether oxygens (including phenoxy) is 2. The number of unbranched alkanes of at least 4 members (excludes halogenated alkanes) is 3. The number of likely N-dealkylation sites (tertiary alicyclic amines) is 1. The lowest BCUT2D eigenvalue weighted by molar-refractivity contribution is -0.160. The largest absolute Gasteiger partial charge is 0.465 e. The summed E-state index contributed by atoms with van der Waals surface area (Å²) < 4.78 is 12.5. The number of carbonyl (C=O) groups is 3. The molecule has 0 aromatic carbocycles. The van der Waals surface area contributed by atoms with E-state index in [9.17, 15) is 14.4 Å². The Balaban J connectivity index is 1.53. The molecular formula is C29H42N2O6. The highest BCUT2D eigenvalue weighted by Gasteiger charge is 2.74. The summed E-state index contributed by atoms with van der Waals surface area (Å²) in [7, 11) is 0. The van der Waals surface area contributed by atoms with Gasteiger partial charge < -0.3 is 24.4 Å². The smallest absolute Gasteiger partial charge is 0.313 e. The molecule has 37 heavy (non-hydrogen) atoms. The van der Waals surface area contributed by atoms with E-state index in [1.807, 2.05) is 36.1 Å². The van der Waals surface area contributed by atoms with E-state index in [2.05, 4.69) is 0 Å². The minimum atomic E-state index is -1.20. The van der Waals surface area contributed by atoms with Crippen molar-refractivity contribution in [3.63, 3.8) is 0 Å². The first-order valence-electron chi connectivity index (χ1n) is 14.4. The van der Waals surface area contributed by atoms with Crippen LogP contribution >= 0.6 is 0 Å². The van der Waals surface area contributed by atoms with E-state index >= 15 is 0 Å². The standard InChI is InChI=1S/C29H42N2O6/c1-28-15-8-5-11-20-36-27(35)23(28)22-25(33)31(17-9-2-3-10-19-32)24-26(34)30(21-13-6-4-7-14-21)18-12-16-29(22,24)37-28/h8,12,15-16,21-24,32H,2-7,9-11,13-14,17-20H2,1H3/b15-8-/t22-,23+,24?,28-,29-/m0/s1. The van der Waals surface area contributed by atoms with Gasteiger partial charge in [-0.05, 0) is 45.4 Å². The molecule has 4 aliphatic heterocycles. The highest BCUT2D eigenvalue weighted by molar-refractivity contribution is 5.99. The molecule has 1 N–H and O–H groups in total. The van der Waals surface area contributed by atoms with Crippen LogP contribution in [-0.4, -0.2) is 82.3 Å². The Morgan fingerprint density at radius 3 is 2.51 bits per heavy atom. The van der Waals surface area contributed by atoms with E-state index in [1.165, 1.54) is 6.42 Å². The first kappa shape index (κ1) is 26.4. The van der Waals surface area contributed by atoms with E-state index in [1.54, 1.807) is 4.90 Å². The molecule has 5 atom stereocenters. The molecule has 0 radical (unpaired) electrons. The molecule has 4 heterocycles. The molecule has 8 nitrogen and oxygen atoms in total. The number of fused-ring (bicyclic) bond motifs is 2. The normalized spacial score (nSPS) is 37.2. The third kappa shape index (κ3) is 4.65. The summed E-state index contributed by atoms with van der Waals surface area (Å²) in [6.07, 6.45) is 17.9. The second-order valence-electron chi connectivity index (χ2n) is 11.6. The van der Waals surface area contributed by atoms with Crippen LogP contribution in [-0.2, 0) is 23.9 Å².